The first-order chi connectivity index (χ1) is 6.04. The molecule has 1 fully saturated rings. The standard InChI is InChI=1S/C10H21NO2/c1-8(2)13-7-10(12)4-5-11-6-9(10)3/h8-9,11-12H,4-7H2,1-3H3. The van der Waals surface area contributed by atoms with E-state index >= 15 is 0 Å². The maximum absolute atomic E-state index is 10.2. The Kier molecular flexibility index (Phi) is 3.71. The Labute approximate surface area is 80.5 Å². The van der Waals surface area contributed by atoms with E-state index in [0.717, 1.165) is 19.5 Å². The number of aliphatic hydroxyl groups is 1. The van der Waals surface area contributed by atoms with E-state index in [9.17, 15) is 5.11 Å². The predicted molar refractivity (Wildman–Crippen MR) is 52.7 cm³/mol. The van der Waals surface area contributed by atoms with E-state index in [0.29, 0.717) is 6.61 Å². The predicted octanol–water partition coefficient (Wildman–Crippen LogP) is 0.772. The molecule has 2 N–H and O–H groups in total. The number of hydrogen-bond donors (Lipinski definition) is 2. The van der Waals surface area contributed by atoms with Crippen molar-refractivity contribution < 1.29 is 9.84 Å². The SMILES string of the molecule is CC(C)OCC1(O)CCNCC1C. The van der Waals surface area contributed by atoms with Crippen LogP contribution in [-0.2, 0) is 4.74 Å². The Balaban J connectivity index is 2.42. The van der Waals surface area contributed by atoms with Crippen LogP contribution < -0.4 is 5.32 Å². The molecule has 1 heterocycles. The molecular formula is C10H21NO2. The second kappa shape index (κ2) is 4.40. The van der Waals surface area contributed by atoms with Crippen molar-refractivity contribution in [1.82, 2.24) is 5.32 Å². The number of rotatable bonds is 3. The molecule has 2 unspecified atom stereocenters. The lowest BCUT2D eigenvalue weighted by Gasteiger charge is -2.38. The van der Waals surface area contributed by atoms with E-state index in [1.807, 2.05) is 13.8 Å². The van der Waals surface area contributed by atoms with Gasteiger partial charge < -0.3 is 15.2 Å². The van der Waals surface area contributed by atoms with E-state index in [4.69, 9.17) is 4.74 Å². The summed E-state index contributed by atoms with van der Waals surface area (Å²) in [5.74, 6) is 0.278. The van der Waals surface area contributed by atoms with Crippen LogP contribution in [0.25, 0.3) is 0 Å². The molecule has 0 aromatic rings. The van der Waals surface area contributed by atoms with Gasteiger partial charge in [-0.3, -0.25) is 0 Å². The third-order valence-corrected chi connectivity index (χ3v) is 2.77. The average Bonchev–Trinajstić information content (AvgIpc) is 2.07. The van der Waals surface area contributed by atoms with Crippen molar-refractivity contribution in [2.75, 3.05) is 19.7 Å². The molecule has 1 aliphatic rings. The lowest BCUT2D eigenvalue weighted by Crippen LogP contribution is -2.52. The van der Waals surface area contributed by atoms with Crippen LogP contribution in [0.2, 0.25) is 0 Å². The maximum Gasteiger partial charge on any atom is 0.0929 e. The first-order valence-electron chi connectivity index (χ1n) is 5.09. The van der Waals surface area contributed by atoms with Gasteiger partial charge in [-0.2, -0.15) is 0 Å². The van der Waals surface area contributed by atoms with Crippen molar-refractivity contribution >= 4 is 0 Å². The molecule has 2 atom stereocenters. The van der Waals surface area contributed by atoms with E-state index in [2.05, 4.69) is 12.2 Å². The van der Waals surface area contributed by atoms with Crippen LogP contribution in [0, 0.1) is 5.92 Å². The zero-order chi connectivity index (χ0) is 9.90. The van der Waals surface area contributed by atoms with Gasteiger partial charge in [0.2, 0.25) is 0 Å². The molecule has 0 aromatic heterocycles. The Morgan fingerprint density at radius 2 is 2.31 bits per heavy atom. The van der Waals surface area contributed by atoms with Crippen molar-refractivity contribution in [3.63, 3.8) is 0 Å². The summed E-state index contributed by atoms with van der Waals surface area (Å²) >= 11 is 0. The largest absolute Gasteiger partial charge is 0.387 e. The molecule has 0 bridgehead atoms. The van der Waals surface area contributed by atoms with Gasteiger partial charge in [0, 0.05) is 6.54 Å². The average molecular weight is 187 g/mol. The summed E-state index contributed by atoms with van der Waals surface area (Å²) in [6, 6.07) is 0. The Morgan fingerprint density at radius 3 is 2.85 bits per heavy atom. The van der Waals surface area contributed by atoms with Crippen LogP contribution >= 0.6 is 0 Å². The summed E-state index contributed by atoms with van der Waals surface area (Å²) in [5, 5.41) is 13.5. The molecular weight excluding hydrogens is 166 g/mol. The van der Waals surface area contributed by atoms with E-state index in [-0.39, 0.29) is 12.0 Å². The van der Waals surface area contributed by atoms with Crippen molar-refractivity contribution in [3.8, 4) is 0 Å². The third-order valence-electron chi connectivity index (χ3n) is 2.77. The van der Waals surface area contributed by atoms with Crippen LogP contribution in [0.1, 0.15) is 27.2 Å². The first-order valence-corrected chi connectivity index (χ1v) is 5.09. The van der Waals surface area contributed by atoms with Crippen LogP contribution in [0.3, 0.4) is 0 Å². The number of nitrogens with one attached hydrogen (secondary N) is 1. The lowest BCUT2D eigenvalue weighted by atomic mass is 9.84. The highest BCUT2D eigenvalue weighted by Gasteiger charge is 2.36. The van der Waals surface area contributed by atoms with Gasteiger partial charge in [-0.05, 0) is 32.7 Å². The fourth-order valence-electron chi connectivity index (χ4n) is 1.59. The fraction of sp³-hybridized carbons (Fsp3) is 1.00. The molecule has 0 aromatic carbocycles. The monoisotopic (exact) mass is 187 g/mol. The van der Waals surface area contributed by atoms with Gasteiger partial charge in [0.15, 0.2) is 0 Å². The Hall–Kier alpha value is -0.120. The molecule has 0 saturated carbocycles. The summed E-state index contributed by atoms with van der Waals surface area (Å²) < 4.78 is 5.48. The van der Waals surface area contributed by atoms with Crippen LogP contribution in [-0.4, -0.2) is 36.5 Å². The highest BCUT2D eigenvalue weighted by molar-refractivity contribution is 4.89. The first kappa shape index (κ1) is 11.0. The second-order valence-corrected chi connectivity index (χ2v) is 4.32. The minimum atomic E-state index is -0.616. The maximum atomic E-state index is 10.2. The molecule has 0 amide bonds. The van der Waals surface area contributed by atoms with Gasteiger partial charge in [-0.15, -0.1) is 0 Å². The smallest absolute Gasteiger partial charge is 0.0929 e. The Bertz CT molecular complexity index is 161. The van der Waals surface area contributed by atoms with E-state index in [1.165, 1.54) is 0 Å². The van der Waals surface area contributed by atoms with E-state index in [1.54, 1.807) is 0 Å². The number of piperidine rings is 1. The highest BCUT2D eigenvalue weighted by Crippen LogP contribution is 2.24. The van der Waals surface area contributed by atoms with Gasteiger partial charge in [0.25, 0.3) is 0 Å². The lowest BCUT2D eigenvalue weighted by molar-refractivity contribution is -0.107. The van der Waals surface area contributed by atoms with Crippen LogP contribution in [0.5, 0.6) is 0 Å². The normalized spacial score (nSPS) is 35.3. The molecule has 1 aliphatic heterocycles. The fourth-order valence-corrected chi connectivity index (χ4v) is 1.59. The minimum Gasteiger partial charge on any atom is -0.387 e. The van der Waals surface area contributed by atoms with Gasteiger partial charge in [0.05, 0.1) is 18.3 Å². The third kappa shape index (κ3) is 2.93. The van der Waals surface area contributed by atoms with E-state index < -0.39 is 5.60 Å². The highest BCUT2D eigenvalue weighted by atomic mass is 16.5. The molecule has 13 heavy (non-hydrogen) atoms. The van der Waals surface area contributed by atoms with Crippen molar-refractivity contribution in [3.05, 3.63) is 0 Å². The summed E-state index contributed by atoms with van der Waals surface area (Å²) in [7, 11) is 0. The topological polar surface area (TPSA) is 41.5 Å². The number of ether oxygens (including phenoxy) is 1. The number of hydrogen-bond acceptors (Lipinski definition) is 3. The molecule has 0 spiro atoms. The summed E-state index contributed by atoms with van der Waals surface area (Å²) in [6.45, 7) is 8.30. The molecule has 3 nitrogen and oxygen atoms in total. The van der Waals surface area contributed by atoms with Gasteiger partial charge in [0.1, 0.15) is 0 Å². The van der Waals surface area contributed by atoms with Crippen LogP contribution in [0.4, 0.5) is 0 Å². The zero-order valence-electron chi connectivity index (χ0n) is 8.84. The second-order valence-electron chi connectivity index (χ2n) is 4.32. The molecule has 78 valence electrons. The van der Waals surface area contributed by atoms with Gasteiger partial charge in [-0.25, -0.2) is 0 Å². The molecule has 1 rings (SSSR count). The summed E-state index contributed by atoms with van der Waals surface area (Å²) in [4.78, 5) is 0. The summed E-state index contributed by atoms with van der Waals surface area (Å²) in [5.41, 5.74) is -0.616. The van der Waals surface area contributed by atoms with Gasteiger partial charge in [-0.1, -0.05) is 6.92 Å². The van der Waals surface area contributed by atoms with Crippen molar-refractivity contribution in [1.29, 1.82) is 0 Å². The summed E-state index contributed by atoms with van der Waals surface area (Å²) in [6.07, 6.45) is 0.993. The molecule has 0 aliphatic carbocycles. The quantitative estimate of drug-likeness (QED) is 0.686. The minimum absolute atomic E-state index is 0.200. The molecule has 1 saturated heterocycles. The Morgan fingerprint density at radius 1 is 1.62 bits per heavy atom. The van der Waals surface area contributed by atoms with Crippen LogP contribution in [0.15, 0.2) is 0 Å². The van der Waals surface area contributed by atoms with Crippen molar-refractivity contribution in [2.24, 2.45) is 5.92 Å². The molecule has 0 radical (unpaired) electrons. The molecule has 3 heteroatoms. The van der Waals surface area contributed by atoms with Crippen molar-refractivity contribution in [2.45, 2.75) is 38.9 Å². The zero-order valence-corrected chi connectivity index (χ0v) is 8.84. The van der Waals surface area contributed by atoms with Gasteiger partial charge >= 0.3 is 0 Å².